The van der Waals surface area contributed by atoms with E-state index in [1.807, 2.05) is 0 Å². The van der Waals surface area contributed by atoms with Gasteiger partial charge in [-0.25, -0.2) is 9.59 Å². The van der Waals surface area contributed by atoms with Crippen LogP contribution in [0.2, 0.25) is 0 Å². The van der Waals surface area contributed by atoms with Gasteiger partial charge in [-0.1, -0.05) is 6.42 Å². The van der Waals surface area contributed by atoms with Crippen LogP contribution < -0.4 is 5.32 Å². The van der Waals surface area contributed by atoms with Gasteiger partial charge in [0.1, 0.15) is 6.04 Å². The maximum Gasteiger partial charge on any atom is 0.328 e. The second-order valence-corrected chi connectivity index (χ2v) is 3.71. The molecule has 1 atom stereocenters. The molecule has 0 spiro atoms. The topological polar surface area (TPSA) is 141 Å². The number of amides is 1. The summed E-state index contributed by atoms with van der Waals surface area (Å²) in [6.07, 6.45) is 1.95. The number of carbonyl (C=O) groups excluding carboxylic acids is 1. The molecule has 0 aliphatic heterocycles. The Morgan fingerprint density at radius 3 is 2.11 bits per heavy atom. The summed E-state index contributed by atoms with van der Waals surface area (Å²) in [6.45, 7) is 0. The third-order valence-electron chi connectivity index (χ3n) is 2.13. The zero-order valence-electron chi connectivity index (χ0n) is 10.0. The third-order valence-corrected chi connectivity index (χ3v) is 2.13. The van der Waals surface area contributed by atoms with Gasteiger partial charge in [-0.15, -0.1) is 0 Å². The van der Waals surface area contributed by atoms with Crippen molar-refractivity contribution < 1.29 is 34.5 Å². The highest BCUT2D eigenvalue weighted by Crippen LogP contribution is 2.04. The molecule has 0 fully saturated rings. The van der Waals surface area contributed by atoms with Crippen molar-refractivity contribution in [1.82, 2.24) is 5.32 Å². The summed E-state index contributed by atoms with van der Waals surface area (Å²) in [4.78, 5) is 42.4. The van der Waals surface area contributed by atoms with Crippen molar-refractivity contribution in [3.05, 3.63) is 12.2 Å². The Morgan fingerprint density at radius 1 is 1.00 bits per heavy atom. The minimum absolute atomic E-state index is 0.0702. The Hall–Kier alpha value is -2.38. The molecule has 19 heavy (non-hydrogen) atoms. The highest BCUT2D eigenvalue weighted by Gasteiger charge is 2.18. The van der Waals surface area contributed by atoms with E-state index in [0.717, 1.165) is 6.08 Å². The molecule has 0 aliphatic rings. The van der Waals surface area contributed by atoms with Gasteiger partial charge >= 0.3 is 17.9 Å². The first kappa shape index (κ1) is 16.6. The summed E-state index contributed by atoms with van der Waals surface area (Å²) in [7, 11) is 0. The first-order valence-corrected chi connectivity index (χ1v) is 5.49. The second kappa shape index (κ2) is 8.67. The van der Waals surface area contributed by atoms with Gasteiger partial charge < -0.3 is 20.6 Å². The minimum Gasteiger partial charge on any atom is -0.481 e. The van der Waals surface area contributed by atoms with Crippen LogP contribution in [0.1, 0.15) is 25.7 Å². The highest BCUT2D eigenvalue weighted by molar-refractivity contribution is 5.95. The van der Waals surface area contributed by atoms with Crippen molar-refractivity contribution in [2.45, 2.75) is 31.7 Å². The van der Waals surface area contributed by atoms with E-state index in [0.29, 0.717) is 18.9 Å². The summed E-state index contributed by atoms with van der Waals surface area (Å²) in [5, 5.41) is 27.7. The average Bonchev–Trinajstić information content (AvgIpc) is 2.29. The first-order chi connectivity index (χ1) is 8.82. The van der Waals surface area contributed by atoms with E-state index in [1.165, 1.54) is 0 Å². The van der Waals surface area contributed by atoms with E-state index in [4.69, 9.17) is 15.3 Å². The monoisotopic (exact) mass is 273 g/mol. The fourth-order valence-corrected chi connectivity index (χ4v) is 1.25. The smallest absolute Gasteiger partial charge is 0.328 e. The summed E-state index contributed by atoms with van der Waals surface area (Å²) >= 11 is 0. The van der Waals surface area contributed by atoms with E-state index in [2.05, 4.69) is 5.32 Å². The van der Waals surface area contributed by atoms with Gasteiger partial charge in [-0.2, -0.15) is 0 Å². The van der Waals surface area contributed by atoms with E-state index in [1.54, 1.807) is 0 Å². The van der Waals surface area contributed by atoms with Crippen LogP contribution >= 0.6 is 0 Å². The molecule has 0 aromatic rings. The van der Waals surface area contributed by atoms with Crippen molar-refractivity contribution in [1.29, 1.82) is 0 Å². The largest absolute Gasteiger partial charge is 0.481 e. The molecule has 106 valence electrons. The average molecular weight is 273 g/mol. The number of carbonyl (C=O) groups is 4. The lowest BCUT2D eigenvalue weighted by atomic mass is 10.1. The van der Waals surface area contributed by atoms with E-state index < -0.39 is 29.9 Å². The number of carboxylic acid groups (broad SMARTS) is 3. The Morgan fingerprint density at radius 2 is 1.63 bits per heavy atom. The van der Waals surface area contributed by atoms with Crippen LogP contribution in [0.25, 0.3) is 0 Å². The van der Waals surface area contributed by atoms with Crippen molar-refractivity contribution in [2.24, 2.45) is 0 Å². The lowest BCUT2D eigenvalue weighted by molar-refractivity contribution is -0.141. The van der Waals surface area contributed by atoms with Crippen molar-refractivity contribution >= 4 is 23.8 Å². The van der Waals surface area contributed by atoms with Gasteiger partial charge in [0.25, 0.3) is 0 Å². The van der Waals surface area contributed by atoms with Gasteiger partial charge in [0.2, 0.25) is 5.91 Å². The molecule has 0 rings (SSSR count). The molecule has 1 amide bonds. The van der Waals surface area contributed by atoms with Gasteiger partial charge in [0, 0.05) is 18.6 Å². The lowest BCUT2D eigenvalue weighted by Gasteiger charge is -2.12. The van der Waals surface area contributed by atoms with Crippen molar-refractivity contribution in [3.63, 3.8) is 0 Å². The van der Waals surface area contributed by atoms with Crippen LogP contribution in [-0.2, 0) is 19.2 Å². The van der Waals surface area contributed by atoms with Crippen LogP contribution in [-0.4, -0.2) is 45.2 Å². The summed E-state index contributed by atoms with van der Waals surface area (Å²) in [6, 6.07) is -1.17. The summed E-state index contributed by atoms with van der Waals surface area (Å²) in [5.41, 5.74) is 0. The summed E-state index contributed by atoms with van der Waals surface area (Å²) < 4.78 is 0. The Balaban J connectivity index is 4.19. The fourth-order valence-electron chi connectivity index (χ4n) is 1.25. The van der Waals surface area contributed by atoms with Crippen molar-refractivity contribution in [2.75, 3.05) is 0 Å². The molecule has 8 nitrogen and oxygen atoms in total. The Bertz CT molecular complexity index is 389. The van der Waals surface area contributed by atoms with Crippen LogP contribution in [0.4, 0.5) is 0 Å². The predicted molar refractivity (Wildman–Crippen MR) is 62.4 cm³/mol. The number of nitrogens with one attached hydrogen (secondary N) is 1. The quantitative estimate of drug-likeness (QED) is 0.338. The van der Waals surface area contributed by atoms with Crippen LogP contribution in [0, 0.1) is 0 Å². The predicted octanol–water partition coefficient (Wildman–Crippen LogP) is -0.158. The number of hydrogen-bond acceptors (Lipinski definition) is 4. The maximum atomic E-state index is 11.2. The van der Waals surface area contributed by atoms with E-state index >= 15 is 0 Å². The van der Waals surface area contributed by atoms with E-state index in [-0.39, 0.29) is 12.8 Å². The van der Waals surface area contributed by atoms with Crippen LogP contribution in [0.15, 0.2) is 12.2 Å². The van der Waals surface area contributed by atoms with Crippen LogP contribution in [0.3, 0.4) is 0 Å². The highest BCUT2D eigenvalue weighted by atomic mass is 16.4. The molecule has 0 radical (unpaired) electrons. The second-order valence-electron chi connectivity index (χ2n) is 3.71. The van der Waals surface area contributed by atoms with E-state index in [9.17, 15) is 19.2 Å². The summed E-state index contributed by atoms with van der Waals surface area (Å²) in [5.74, 6) is -4.37. The number of aliphatic carboxylic acids is 3. The lowest BCUT2D eigenvalue weighted by Crippen LogP contribution is -2.40. The number of carboxylic acids is 3. The molecule has 0 saturated carbocycles. The fraction of sp³-hybridized carbons (Fsp3) is 0.455. The Kier molecular flexibility index (Phi) is 7.59. The zero-order chi connectivity index (χ0) is 14.8. The molecule has 0 aliphatic carbocycles. The first-order valence-electron chi connectivity index (χ1n) is 5.49. The molecule has 8 heteroatoms. The van der Waals surface area contributed by atoms with Gasteiger partial charge in [-0.3, -0.25) is 9.59 Å². The minimum atomic E-state index is -1.32. The maximum absolute atomic E-state index is 11.2. The van der Waals surface area contributed by atoms with Gasteiger partial charge in [-0.05, 0) is 12.8 Å². The van der Waals surface area contributed by atoms with Crippen LogP contribution in [0.5, 0.6) is 0 Å². The molecule has 0 saturated heterocycles. The Labute approximate surface area is 108 Å². The number of hydrogen-bond donors (Lipinski definition) is 4. The molecule has 0 heterocycles. The molecule has 0 aromatic carbocycles. The third kappa shape index (κ3) is 9.33. The molecule has 4 N–H and O–H groups in total. The molecule has 0 aromatic heterocycles. The number of unbranched alkanes of at least 4 members (excludes halogenated alkanes) is 1. The normalized spacial score (nSPS) is 12.0. The molecule has 0 bridgehead atoms. The molecular formula is C11H15NO7. The molecule has 1 unspecified atom stereocenters. The van der Waals surface area contributed by atoms with Gasteiger partial charge in [0.15, 0.2) is 0 Å². The van der Waals surface area contributed by atoms with Crippen molar-refractivity contribution in [3.8, 4) is 0 Å². The zero-order valence-corrected chi connectivity index (χ0v) is 10.0. The standard InChI is InChI=1S/C11H15NO7/c13-8(5-6-10(16)17)12-7(11(18)19)3-1-2-4-9(14)15/h5-7H,1-4H2,(H,12,13)(H,14,15)(H,16,17)(H,18,19). The number of rotatable bonds is 9. The SMILES string of the molecule is O=C(O)C=CC(=O)NC(CCCCC(=O)O)C(=O)O. The molecular weight excluding hydrogens is 258 g/mol. The van der Waals surface area contributed by atoms with Gasteiger partial charge in [0.05, 0.1) is 0 Å².